The molecule has 4 rings (SSSR count). The predicted octanol–water partition coefficient (Wildman–Crippen LogP) is 5.43. The summed E-state index contributed by atoms with van der Waals surface area (Å²) in [6.45, 7) is 9.10. The van der Waals surface area contributed by atoms with Crippen LogP contribution in [0.4, 0.5) is 11.5 Å². The Kier molecular flexibility index (Phi) is 9.67. The number of amides is 1. The van der Waals surface area contributed by atoms with Crippen LogP contribution in [0.5, 0.6) is 0 Å². The zero-order chi connectivity index (χ0) is 30.8. The van der Waals surface area contributed by atoms with E-state index < -0.39 is 22.5 Å². The molecule has 2 aromatic carbocycles. The smallest absolute Gasteiger partial charge is 0.327 e. The van der Waals surface area contributed by atoms with Crippen molar-refractivity contribution in [1.29, 1.82) is 0 Å². The van der Waals surface area contributed by atoms with Crippen molar-refractivity contribution in [2.45, 2.75) is 64.9 Å². The molecule has 0 bridgehead atoms. The highest BCUT2D eigenvalue weighted by Crippen LogP contribution is 2.36. The number of halogens is 1. The molecule has 0 unspecified atom stereocenters. The van der Waals surface area contributed by atoms with E-state index in [0.29, 0.717) is 39.1 Å². The van der Waals surface area contributed by atoms with Crippen LogP contribution in [0.3, 0.4) is 0 Å². The van der Waals surface area contributed by atoms with Gasteiger partial charge in [0.25, 0.3) is 15.9 Å². The second-order valence-corrected chi connectivity index (χ2v) is 14.0. The lowest BCUT2D eigenvalue weighted by Gasteiger charge is -2.37. The summed E-state index contributed by atoms with van der Waals surface area (Å²) >= 11 is 3.36. The average molecular weight is 661 g/mol. The van der Waals surface area contributed by atoms with E-state index in [9.17, 15) is 18.0 Å². The van der Waals surface area contributed by atoms with Gasteiger partial charge in [0.2, 0.25) is 0 Å². The summed E-state index contributed by atoms with van der Waals surface area (Å²) < 4.78 is 36.8. The lowest BCUT2D eigenvalue weighted by molar-refractivity contribution is -0.153. The fraction of sp³-hybridized carbons (Fsp3) is 0.433. The summed E-state index contributed by atoms with van der Waals surface area (Å²) in [5, 5.41) is 2.77. The second kappa shape index (κ2) is 12.9. The molecule has 1 aromatic heterocycles. The molecule has 0 radical (unpaired) electrons. The third-order valence-corrected chi connectivity index (χ3v) is 10.3. The number of benzene rings is 2. The highest BCUT2D eigenvalue weighted by Gasteiger charge is 2.36. The van der Waals surface area contributed by atoms with Crippen molar-refractivity contribution in [1.82, 2.24) is 9.66 Å². The molecule has 42 heavy (non-hydrogen) atoms. The Labute approximate surface area is 255 Å². The number of anilines is 2. The fourth-order valence-electron chi connectivity index (χ4n) is 5.40. The van der Waals surface area contributed by atoms with Gasteiger partial charge >= 0.3 is 5.97 Å². The molecule has 1 aliphatic carbocycles. The number of hydrogen-bond donors (Lipinski definition) is 2. The Bertz CT molecular complexity index is 1550. The minimum atomic E-state index is -4.28. The summed E-state index contributed by atoms with van der Waals surface area (Å²) in [4.78, 5) is 30.3. The first-order valence-electron chi connectivity index (χ1n) is 14.0. The monoisotopic (exact) mass is 659 g/mol. The van der Waals surface area contributed by atoms with Crippen LogP contribution in [-0.2, 0) is 19.6 Å². The molecule has 12 heteroatoms. The minimum Gasteiger partial charge on any atom is -0.461 e. The largest absolute Gasteiger partial charge is 0.461 e. The molecule has 1 aliphatic rings. The molecule has 1 saturated carbocycles. The van der Waals surface area contributed by atoms with Crippen LogP contribution in [-0.4, -0.2) is 42.6 Å². The molecule has 0 spiro atoms. The van der Waals surface area contributed by atoms with Crippen molar-refractivity contribution in [2.24, 2.45) is 17.8 Å². The maximum absolute atomic E-state index is 14.0. The van der Waals surface area contributed by atoms with Gasteiger partial charge in [0.15, 0.2) is 5.82 Å². The van der Waals surface area contributed by atoms with Crippen LogP contribution in [0, 0.1) is 31.6 Å². The van der Waals surface area contributed by atoms with Gasteiger partial charge < -0.3 is 15.9 Å². The maximum atomic E-state index is 14.0. The van der Waals surface area contributed by atoms with Gasteiger partial charge in [0.1, 0.15) is 18.5 Å². The van der Waals surface area contributed by atoms with Crippen molar-refractivity contribution < 1.29 is 22.7 Å². The van der Waals surface area contributed by atoms with Crippen LogP contribution < -0.4 is 15.5 Å². The van der Waals surface area contributed by atoms with Crippen molar-refractivity contribution in [2.75, 3.05) is 22.0 Å². The summed E-state index contributed by atoms with van der Waals surface area (Å²) in [6.07, 6.45) is 2.49. The summed E-state index contributed by atoms with van der Waals surface area (Å²) in [6, 6.07) is 12.7. The summed E-state index contributed by atoms with van der Waals surface area (Å²) in [5.41, 5.74) is 1.23. The number of nitrogens with one attached hydrogen (secondary N) is 1. The number of aryl methyl sites for hydroxylation is 1. The number of imidazole rings is 1. The zero-order valence-electron chi connectivity index (χ0n) is 24.5. The minimum absolute atomic E-state index is 0.0516. The predicted molar refractivity (Wildman–Crippen MR) is 166 cm³/mol. The van der Waals surface area contributed by atoms with Gasteiger partial charge in [-0.1, -0.05) is 39.3 Å². The molecule has 226 valence electrons. The van der Waals surface area contributed by atoms with Crippen LogP contribution in [0.2, 0.25) is 0 Å². The summed E-state index contributed by atoms with van der Waals surface area (Å²) in [7, 11) is -4.28. The number of esters is 1. The van der Waals surface area contributed by atoms with E-state index in [2.05, 4.69) is 47.0 Å². The van der Waals surface area contributed by atoms with E-state index in [4.69, 9.17) is 10.6 Å². The van der Waals surface area contributed by atoms with Gasteiger partial charge in [-0.15, -0.1) is 0 Å². The molecular weight excluding hydrogens is 622 g/mol. The number of sulfonamides is 1. The van der Waals surface area contributed by atoms with Gasteiger partial charge in [0, 0.05) is 10.2 Å². The number of carbonyl (C=O) groups excluding carboxylic acids is 2. The number of aromatic nitrogens is 2. The SMILES string of the molecule is Cc1nc(N(CC(=O)O[C@@H]2C[C@@H](C)CC[C@H]2C(C)C)S(=O)(=O)c2ccc(NC(=O)c3ccccc3Br)cc2)c(C)n1N. The van der Waals surface area contributed by atoms with E-state index in [0.717, 1.165) is 23.6 Å². The lowest BCUT2D eigenvalue weighted by Crippen LogP contribution is -2.41. The topological polar surface area (TPSA) is 137 Å². The Morgan fingerprint density at radius 1 is 1.14 bits per heavy atom. The lowest BCUT2D eigenvalue weighted by atomic mass is 9.75. The average Bonchev–Trinajstić information content (AvgIpc) is 3.18. The first kappa shape index (κ1) is 31.6. The van der Waals surface area contributed by atoms with E-state index in [1.807, 2.05) is 0 Å². The van der Waals surface area contributed by atoms with Gasteiger partial charge in [-0.3, -0.25) is 9.59 Å². The number of ether oxygens (including phenoxy) is 1. The molecule has 1 fully saturated rings. The number of rotatable bonds is 9. The zero-order valence-corrected chi connectivity index (χ0v) is 26.9. The van der Waals surface area contributed by atoms with E-state index in [1.54, 1.807) is 38.1 Å². The van der Waals surface area contributed by atoms with Crippen molar-refractivity contribution in [3.8, 4) is 0 Å². The van der Waals surface area contributed by atoms with Gasteiger partial charge in [-0.2, -0.15) is 0 Å². The van der Waals surface area contributed by atoms with Gasteiger partial charge in [-0.25, -0.2) is 22.4 Å². The summed E-state index contributed by atoms with van der Waals surface area (Å²) in [5.74, 6) is 6.47. The van der Waals surface area contributed by atoms with Crippen molar-refractivity contribution in [3.05, 3.63) is 70.1 Å². The third kappa shape index (κ3) is 6.81. The molecule has 0 saturated heterocycles. The first-order chi connectivity index (χ1) is 19.8. The quantitative estimate of drug-likeness (QED) is 0.231. The van der Waals surface area contributed by atoms with Crippen LogP contribution in [0.1, 0.15) is 61.9 Å². The molecule has 0 aliphatic heterocycles. The van der Waals surface area contributed by atoms with E-state index in [1.165, 1.54) is 28.9 Å². The Morgan fingerprint density at radius 3 is 2.40 bits per heavy atom. The van der Waals surface area contributed by atoms with E-state index in [-0.39, 0.29) is 28.6 Å². The molecule has 10 nitrogen and oxygen atoms in total. The number of nitrogens with zero attached hydrogens (tertiary/aromatic N) is 3. The number of nitrogens with two attached hydrogens (primary N) is 1. The number of hydrogen-bond acceptors (Lipinski definition) is 7. The van der Waals surface area contributed by atoms with Gasteiger partial charge in [0.05, 0.1) is 16.2 Å². The van der Waals surface area contributed by atoms with Crippen LogP contribution in [0.15, 0.2) is 57.9 Å². The Balaban J connectivity index is 1.60. The molecule has 1 heterocycles. The van der Waals surface area contributed by atoms with Crippen LogP contribution in [0.25, 0.3) is 0 Å². The Hall–Kier alpha value is -3.38. The molecule has 3 atom stereocenters. The van der Waals surface area contributed by atoms with Crippen LogP contribution >= 0.6 is 15.9 Å². The maximum Gasteiger partial charge on any atom is 0.327 e. The highest BCUT2D eigenvalue weighted by atomic mass is 79.9. The van der Waals surface area contributed by atoms with Gasteiger partial charge in [-0.05, 0) is 96.8 Å². The number of nitrogen functional groups attached to an aromatic ring is 1. The molecule has 3 N–H and O–H groups in total. The number of carbonyl (C=O) groups is 2. The second-order valence-electron chi connectivity index (χ2n) is 11.3. The molecule has 1 amide bonds. The normalized spacial score (nSPS) is 19.0. The third-order valence-electron chi connectivity index (χ3n) is 7.87. The van der Waals surface area contributed by atoms with Crippen molar-refractivity contribution in [3.63, 3.8) is 0 Å². The standard InChI is InChI=1S/C30H38BrN5O5S/c1-18(2)24-15-10-19(3)16-27(24)41-28(37)17-35(29-20(4)36(32)21(5)33-29)42(39,40)23-13-11-22(12-14-23)34-30(38)25-8-6-7-9-26(25)31/h6-9,11-14,18-19,24,27H,10,15-17,32H2,1-5H3,(H,34,38)/t19-,24-,27+/m0/s1. The first-order valence-corrected chi connectivity index (χ1v) is 16.2. The Morgan fingerprint density at radius 2 is 1.81 bits per heavy atom. The van der Waals surface area contributed by atoms with Crippen molar-refractivity contribution >= 4 is 49.3 Å². The van der Waals surface area contributed by atoms with E-state index >= 15 is 0 Å². The fourth-order valence-corrected chi connectivity index (χ4v) is 7.28. The molecular formula is C30H38BrN5O5S. The highest BCUT2D eigenvalue weighted by molar-refractivity contribution is 9.10. The molecule has 3 aromatic rings.